The van der Waals surface area contributed by atoms with Crippen LogP contribution in [0.25, 0.3) is 17.0 Å². The van der Waals surface area contributed by atoms with Gasteiger partial charge in [-0.25, -0.2) is 4.79 Å². The summed E-state index contributed by atoms with van der Waals surface area (Å²) in [5, 5.41) is 6.31. The van der Waals surface area contributed by atoms with Crippen LogP contribution in [0.5, 0.6) is 11.5 Å². The minimum atomic E-state index is -0.437. The number of carbonyl (C=O) groups excluding carboxylic acids is 2. The Hall–Kier alpha value is -4.59. The number of urea groups is 1. The van der Waals surface area contributed by atoms with Crippen LogP contribution in [0, 0.1) is 0 Å². The van der Waals surface area contributed by atoms with E-state index >= 15 is 0 Å². The molecule has 4 aromatic rings. The van der Waals surface area contributed by atoms with Gasteiger partial charge in [0, 0.05) is 34.5 Å². The van der Waals surface area contributed by atoms with Crippen LogP contribution in [-0.2, 0) is 0 Å². The van der Waals surface area contributed by atoms with Crippen molar-refractivity contribution in [3.8, 4) is 11.5 Å². The third kappa shape index (κ3) is 3.65. The average molecular weight is 426 g/mol. The molecule has 0 spiro atoms. The standard InChI is InChI=1S/C24H18N4O4/c1-31-17-5-6-20-18(11-17)14(12-26-20)9-22-23(29)19-10-15(4-7-21(19)32-22)27-24(30)28-16-3-2-8-25-13-16/h2-13,26H,1H3,(H2,27,28,30)/b22-9-. The predicted octanol–water partition coefficient (Wildman–Crippen LogP) is 4.83. The highest BCUT2D eigenvalue weighted by Gasteiger charge is 2.28. The van der Waals surface area contributed by atoms with E-state index in [4.69, 9.17) is 9.47 Å². The molecule has 5 rings (SSSR count). The number of aromatic amines is 1. The number of allylic oxidation sites excluding steroid dienone is 1. The maximum Gasteiger partial charge on any atom is 0.323 e. The number of amides is 2. The number of pyridine rings is 1. The van der Waals surface area contributed by atoms with E-state index in [0.29, 0.717) is 22.7 Å². The zero-order chi connectivity index (χ0) is 22.1. The Labute approximate surface area is 182 Å². The molecule has 158 valence electrons. The number of benzene rings is 2. The van der Waals surface area contributed by atoms with Crippen LogP contribution in [-0.4, -0.2) is 28.9 Å². The maximum absolute atomic E-state index is 12.9. The first-order chi connectivity index (χ1) is 15.6. The molecule has 8 nitrogen and oxygen atoms in total. The summed E-state index contributed by atoms with van der Waals surface area (Å²) < 4.78 is 11.1. The number of ketones is 1. The normalized spacial score (nSPS) is 13.7. The van der Waals surface area contributed by atoms with Gasteiger partial charge in [-0.2, -0.15) is 0 Å². The quantitative estimate of drug-likeness (QED) is 0.405. The Balaban J connectivity index is 1.37. The van der Waals surface area contributed by atoms with Crippen molar-refractivity contribution >= 4 is 40.2 Å². The third-order valence-corrected chi connectivity index (χ3v) is 5.05. The van der Waals surface area contributed by atoms with Crippen molar-refractivity contribution in [3.63, 3.8) is 0 Å². The molecule has 0 radical (unpaired) electrons. The molecule has 0 atom stereocenters. The van der Waals surface area contributed by atoms with Gasteiger partial charge in [0.15, 0.2) is 5.76 Å². The second-order valence-electron chi connectivity index (χ2n) is 7.13. The number of nitrogens with zero attached hydrogens (tertiary/aromatic N) is 1. The monoisotopic (exact) mass is 426 g/mol. The summed E-state index contributed by atoms with van der Waals surface area (Å²) in [5.41, 5.74) is 3.15. The minimum Gasteiger partial charge on any atom is -0.497 e. The predicted molar refractivity (Wildman–Crippen MR) is 121 cm³/mol. The molecule has 2 aromatic heterocycles. The molecular formula is C24H18N4O4. The van der Waals surface area contributed by atoms with E-state index in [1.807, 2.05) is 24.4 Å². The summed E-state index contributed by atoms with van der Waals surface area (Å²) in [6.45, 7) is 0. The first-order valence-corrected chi connectivity index (χ1v) is 9.82. The van der Waals surface area contributed by atoms with Gasteiger partial charge in [-0.15, -0.1) is 0 Å². The number of Topliss-reactive ketones (excluding diaryl/α,β-unsaturated/α-hetero) is 1. The molecule has 0 bridgehead atoms. The van der Waals surface area contributed by atoms with Crippen LogP contribution < -0.4 is 20.1 Å². The number of hydrogen-bond donors (Lipinski definition) is 3. The lowest BCUT2D eigenvalue weighted by Crippen LogP contribution is -2.19. The van der Waals surface area contributed by atoms with Crippen LogP contribution in [0.4, 0.5) is 16.2 Å². The second kappa shape index (κ2) is 7.92. The molecule has 8 heteroatoms. The molecule has 0 unspecified atom stereocenters. The van der Waals surface area contributed by atoms with E-state index < -0.39 is 6.03 Å². The first-order valence-electron chi connectivity index (χ1n) is 9.82. The fourth-order valence-corrected chi connectivity index (χ4v) is 3.51. The number of aromatic nitrogens is 2. The number of carbonyl (C=O) groups is 2. The molecule has 3 N–H and O–H groups in total. The zero-order valence-corrected chi connectivity index (χ0v) is 17.0. The molecule has 2 aromatic carbocycles. The van der Waals surface area contributed by atoms with Crippen LogP contribution in [0.1, 0.15) is 15.9 Å². The molecular weight excluding hydrogens is 408 g/mol. The molecule has 1 aliphatic heterocycles. The van der Waals surface area contributed by atoms with Crippen LogP contribution in [0.2, 0.25) is 0 Å². The second-order valence-corrected chi connectivity index (χ2v) is 7.13. The Kier molecular flexibility index (Phi) is 4.79. The fourth-order valence-electron chi connectivity index (χ4n) is 3.51. The largest absolute Gasteiger partial charge is 0.497 e. The van der Waals surface area contributed by atoms with E-state index in [1.165, 1.54) is 6.20 Å². The summed E-state index contributed by atoms with van der Waals surface area (Å²) in [6.07, 6.45) is 6.67. The van der Waals surface area contributed by atoms with Crippen LogP contribution in [0.15, 0.2) is 72.9 Å². The highest BCUT2D eigenvalue weighted by atomic mass is 16.5. The van der Waals surface area contributed by atoms with E-state index in [1.54, 1.807) is 49.7 Å². The van der Waals surface area contributed by atoms with Crippen LogP contribution >= 0.6 is 0 Å². The smallest absolute Gasteiger partial charge is 0.323 e. The SMILES string of the molecule is COc1ccc2[nH]cc(/C=C3\Oc4ccc(NC(=O)Nc5cccnc5)cc4C3=O)c2c1. The van der Waals surface area contributed by atoms with Gasteiger partial charge >= 0.3 is 6.03 Å². The van der Waals surface area contributed by atoms with Gasteiger partial charge in [0.25, 0.3) is 0 Å². The molecule has 0 saturated heterocycles. The summed E-state index contributed by atoms with van der Waals surface area (Å²) in [5.74, 6) is 1.12. The number of anilines is 2. The summed E-state index contributed by atoms with van der Waals surface area (Å²) in [6, 6.07) is 13.6. The highest BCUT2D eigenvalue weighted by molar-refractivity contribution is 6.16. The van der Waals surface area contributed by atoms with Gasteiger partial charge < -0.3 is 25.1 Å². The molecule has 0 aliphatic carbocycles. The van der Waals surface area contributed by atoms with Crippen molar-refractivity contribution in [1.82, 2.24) is 9.97 Å². The van der Waals surface area contributed by atoms with Crippen molar-refractivity contribution in [2.24, 2.45) is 0 Å². The Morgan fingerprint density at radius 3 is 2.81 bits per heavy atom. The lowest BCUT2D eigenvalue weighted by atomic mass is 10.1. The molecule has 1 aliphatic rings. The highest BCUT2D eigenvalue weighted by Crippen LogP contribution is 2.35. The fraction of sp³-hybridized carbons (Fsp3) is 0.0417. The topological polar surface area (TPSA) is 105 Å². The number of fused-ring (bicyclic) bond motifs is 2. The Morgan fingerprint density at radius 1 is 1.12 bits per heavy atom. The van der Waals surface area contributed by atoms with Gasteiger partial charge in [0.2, 0.25) is 5.78 Å². The first kappa shape index (κ1) is 19.4. The van der Waals surface area contributed by atoms with Crippen molar-refractivity contribution in [2.45, 2.75) is 0 Å². The van der Waals surface area contributed by atoms with Gasteiger partial charge in [0.05, 0.1) is 24.6 Å². The van der Waals surface area contributed by atoms with Crippen molar-refractivity contribution in [3.05, 3.63) is 84.0 Å². The Bertz CT molecular complexity index is 1380. The average Bonchev–Trinajstić information content (AvgIpc) is 3.35. The van der Waals surface area contributed by atoms with E-state index in [2.05, 4.69) is 20.6 Å². The van der Waals surface area contributed by atoms with Gasteiger partial charge in [-0.3, -0.25) is 9.78 Å². The summed E-state index contributed by atoms with van der Waals surface area (Å²) in [4.78, 5) is 32.3. The van der Waals surface area contributed by atoms with E-state index in [-0.39, 0.29) is 11.5 Å². The third-order valence-electron chi connectivity index (χ3n) is 5.05. The summed E-state index contributed by atoms with van der Waals surface area (Å²) in [7, 11) is 1.61. The van der Waals surface area contributed by atoms with E-state index in [0.717, 1.165) is 22.2 Å². The number of rotatable bonds is 4. The number of methoxy groups -OCH3 is 1. The van der Waals surface area contributed by atoms with Crippen LogP contribution in [0.3, 0.4) is 0 Å². The molecule has 0 saturated carbocycles. The van der Waals surface area contributed by atoms with Crippen molar-refractivity contribution in [1.29, 1.82) is 0 Å². The molecule has 32 heavy (non-hydrogen) atoms. The maximum atomic E-state index is 12.9. The number of ether oxygens (including phenoxy) is 2. The lowest BCUT2D eigenvalue weighted by molar-refractivity contribution is 0.101. The van der Waals surface area contributed by atoms with Gasteiger partial charge in [-0.05, 0) is 54.6 Å². The molecule has 3 heterocycles. The number of H-pyrrole nitrogens is 1. The van der Waals surface area contributed by atoms with Gasteiger partial charge in [-0.1, -0.05) is 0 Å². The summed E-state index contributed by atoms with van der Waals surface area (Å²) >= 11 is 0. The minimum absolute atomic E-state index is 0.209. The van der Waals surface area contributed by atoms with Gasteiger partial charge in [0.1, 0.15) is 11.5 Å². The number of hydrogen-bond acceptors (Lipinski definition) is 5. The Morgan fingerprint density at radius 2 is 2.00 bits per heavy atom. The van der Waals surface area contributed by atoms with Crippen molar-refractivity contribution < 1.29 is 19.1 Å². The lowest BCUT2D eigenvalue weighted by Gasteiger charge is -2.07. The number of nitrogens with one attached hydrogen (secondary N) is 3. The molecule has 2 amide bonds. The molecule has 0 fully saturated rings. The van der Waals surface area contributed by atoms with Crippen molar-refractivity contribution in [2.75, 3.05) is 17.7 Å². The zero-order valence-electron chi connectivity index (χ0n) is 17.0. The van der Waals surface area contributed by atoms with E-state index in [9.17, 15) is 9.59 Å².